The minimum absolute atomic E-state index is 0.103. The van der Waals surface area contributed by atoms with Crippen molar-refractivity contribution in [2.24, 2.45) is 0 Å². The van der Waals surface area contributed by atoms with Crippen LogP contribution in [0.15, 0.2) is 40.9 Å². The Kier molecular flexibility index (Phi) is 8.16. The van der Waals surface area contributed by atoms with Crippen LogP contribution >= 0.6 is 39.7 Å². The van der Waals surface area contributed by atoms with Crippen molar-refractivity contribution in [3.63, 3.8) is 0 Å². The molecule has 166 valence electrons. The molecule has 3 rings (SSSR count). The first kappa shape index (κ1) is 23.8. The molecule has 1 saturated heterocycles. The molecule has 2 aromatic carbocycles. The Morgan fingerprint density at radius 2 is 1.97 bits per heavy atom. The van der Waals surface area contributed by atoms with Crippen LogP contribution in [-0.4, -0.2) is 54.8 Å². The number of para-hydroxylation sites is 1. The highest BCUT2D eigenvalue weighted by atomic mass is 79.9. The molecule has 0 unspecified atom stereocenters. The second-order valence-corrected chi connectivity index (χ2v) is 8.92. The van der Waals surface area contributed by atoms with Crippen molar-refractivity contribution in [3.8, 4) is 11.5 Å². The largest absolute Gasteiger partial charge is 0.493 e. The molecular formula is C22H24BrClN2O4S. The molecule has 1 aliphatic rings. The van der Waals surface area contributed by atoms with Crippen LogP contribution in [0.4, 0.5) is 5.69 Å². The minimum Gasteiger partial charge on any atom is -0.493 e. The van der Waals surface area contributed by atoms with Crippen molar-refractivity contribution >= 4 is 56.3 Å². The summed E-state index contributed by atoms with van der Waals surface area (Å²) in [5.74, 6) is 0.566. The zero-order valence-corrected chi connectivity index (χ0v) is 20.6. The van der Waals surface area contributed by atoms with E-state index in [0.29, 0.717) is 31.7 Å². The number of benzene rings is 2. The summed E-state index contributed by atoms with van der Waals surface area (Å²) >= 11 is 15.3. The highest BCUT2D eigenvalue weighted by molar-refractivity contribution is 9.10. The number of carbonyl (C=O) groups excluding carboxylic acids is 1. The van der Waals surface area contributed by atoms with Gasteiger partial charge in [0.2, 0.25) is 0 Å². The van der Waals surface area contributed by atoms with Crippen molar-refractivity contribution in [3.05, 3.63) is 51.5 Å². The van der Waals surface area contributed by atoms with E-state index in [-0.39, 0.29) is 24.7 Å². The number of nitrogens with one attached hydrogen (secondary N) is 1. The lowest BCUT2D eigenvalue weighted by Gasteiger charge is -2.37. The third kappa shape index (κ3) is 6.10. The number of thiocarbonyl (C=S) groups is 1. The Labute approximate surface area is 200 Å². The normalized spacial score (nSPS) is 18.4. The molecule has 2 aromatic rings. The number of anilines is 1. The smallest absolute Gasteiger partial charge is 0.262 e. The Hall–Kier alpha value is -1.87. The van der Waals surface area contributed by atoms with E-state index in [1.165, 1.54) is 0 Å². The van der Waals surface area contributed by atoms with Crippen LogP contribution in [0.1, 0.15) is 19.4 Å². The Bertz CT molecular complexity index is 965. The first-order chi connectivity index (χ1) is 14.8. The molecule has 6 nitrogen and oxygen atoms in total. The van der Waals surface area contributed by atoms with Gasteiger partial charge in [-0.25, -0.2) is 0 Å². The number of amides is 1. The average Bonchev–Trinajstić information content (AvgIpc) is 2.72. The molecule has 0 aromatic heterocycles. The lowest BCUT2D eigenvalue weighted by Crippen LogP contribution is -2.47. The molecule has 0 bridgehead atoms. The molecule has 1 aliphatic heterocycles. The number of rotatable bonds is 6. The molecule has 1 N–H and O–H groups in total. The predicted molar refractivity (Wildman–Crippen MR) is 130 cm³/mol. The molecular weight excluding hydrogens is 504 g/mol. The maximum atomic E-state index is 12.3. The van der Waals surface area contributed by atoms with Gasteiger partial charge in [-0.15, -0.1) is 0 Å². The zero-order valence-electron chi connectivity index (χ0n) is 17.5. The second-order valence-electron chi connectivity index (χ2n) is 7.27. The van der Waals surface area contributed by atoms with Crippen LogP contribution in [0.3, 0.4) is 0 Å². The third-order valence-electron chi connectivity index (χ3n) is 4.68. The SMILES string of the molecule is COc1cc(C(=S)N2C[C@@H](C)O[C@H](C)C2)cc(Br)c1OCC(=O)Nc1ccccc1Cl. The van der Waals surface area contributed by atoms with E-state index in [9.17, 15) is 4.79 Å². The van der Waals surface area contributed by atoms with Crippen LogP contribution in [-0.2, 0) is 9.53 Å². The van der Waals surface area contributed by atoms with Crippen molar-refractivity contribution in [2.45, 2.75) is 26.1 Å². The van der Waals surface area contributed by atoms with Crippen molar-refractivity contribution in [2.75, 3.05) is 32.1 Å². The molecule has 0 radical (unpaired) electrons. The molecule has 9 heteroatoms. The summed E-state index contributed by atoms with van der Waals surface area (Å²) < 4.78 is 17.7. The Balaban J connectivity index is 1.71. The van der Waals surface area contributed by atoms with E-state index in [4.69, 9.17) is 38.0 Å². The van der Waals surface area contributed by atoms with Gasteiger partial charge in [0.25, 0.3) is 5.91 Å². The van der Waals surface area contributed by atoms with Crippen LogP contribution < -0.4 is 14.8 Å². The van der Waals surface area contributed by atoms with Gasteiger partial charge in [0, 0.05) is 18.7 Å². The fraction of sp³-hybridized carbons (Fsp3) is 0.364. The lowest BCUT2D eigenvalue weighted by molar-refractivity contribution is -0.118. The number of hydrogen-bond donors (Lipinski definition) is 1. The third-order valence-corrected chi connectivity index (χ3v) is 6.09. The predicted octanol–water partition coefficient (Wildman–Crippen LogP) is 4.91. The monoisotopic (exact) mass is 526 g/mol. The zero-order chi connectivity index (χ0) is 22.5. The molecule has 1 amide bonds. The van der Waals surface area contributed by atoms with Crippen LogP contribution in [0, 0.1) is 0 Å². The van der Waals surface area contributed by atoms with E-state index in [1.807, 2.05) is 26.0 Å². The van der Waals surface area contributed by atoms with E-state index in [2.05, 4.69) is 26.1 Å². The number of morpholine rings is 1. The number of methoxy groups -OCH3 is 1. The van der Waals surface area contributed by atoms with Crippen LogP contribution in [0.2, 0.25) is 5.02 Å². The first-order valence-corrected chi connectivity index (χ1v) is 11.4. The van der Waals surface area contributed by atoms with E-state index in [1.54, 1.807) is 31.4 Å². The Morgan fingerprint density at radius 3 is 2.61 bits per heavy atom. The molecule has 31 heavy (non-hydrogen) atoms. The fourth-order valence-electron chi connectivity index (χ4n) is 3.40. The first-order valence-electron chi connectivity index (χ1n) is 9.78. The molecule has 2 atom stereocenters. The van der Waals surface area contributed by atoms with Crippen molar-refractivity contribution in [1.29, 1.82) is 0 Å². The van der Waals surface area contributed by atoms with Crippen LogP contribution in [0.25, 0.3) is 0 Å². The number of ether oxygens (including phenoxy) is 3. The number of hydrogen-bond acceptors (Lipinski definition) is 5. The van der Waals surface area contributed by atoms with Gasteiger partial charge < -0.3 is 24.4 Å². The van der Waals surface area contributed by atoms with Gasteiger partial charge in [-0.1, -0.05) is 36.0 Å². The van der Waals surface area contributed by atoms with Gasteiger partial charge in [0.1, 0.15) is 4.99 Å². The van der Waals surface area contributed by atoms with Crippen LogP contribution in [0.5, 0.6) is 11.5 Å². The van der Waals surface area contributed by atoms with Gasteiger partial charge in [0.05, 0.1) is 34.5 Å². The highest BCUT2D eigenvalue weighted by Gasteiger charge is 2.26. The van der Waals surface area contributed by atoms with Gasteiger partial charge >= 0.3 is 0 Å². The van der Waals surface area contributed by atoms with E-state index >= 15 is 0 Å². The molecule has 1 fully saturated rings. The van der Waals surface area contributed by atoms with Gasteiger partial charge in [-0.05, 0) is 54.0 Å². The second kappa shape index (κ2) is 10.6. The number of halogens is 2. The summed E-state index contributed by atoms with van der Waals surface area (Å²) in [6.07, 6.45) is 0.206. The summed E-state index contributed by atoms with van der Waals surface area (Å²) in [5.41, 5.74) is 1.35. The summed E-state index contributed by atoms with van der Waals surface area (Å²) in [7, 11) is 1.55. The minimum atomic E-state index is -0.335. The molecule has 1 heterocycles. The van der Waals surface area contributed by atoms with Gasteiger partial charge in [-0.3, -0.25) is 4.79 Å². The molecule has 0 saturated carbocycles. The summed E-state index contributed by atoms with van der Waals surface area (Å²) in [6, 6.07) is 10.7. The van der Waals surface area contributed by atoms with Crippen molar-refractivity contribution in [1.82, 2.24) is 4.90 Å². The number of carbonyl (C=O) groups is 1. The molecule has 0 spiro atoms. The molecule has 0 aliphatic carbocycles. The topological polar surface area (TPSA) is 60.0 Å². The maximum absolute atomic E-state index is 12.3. The van der Waals surface area contributed by atoms with E-state index < -0.39 is 0 Å². The standard InChI is InChI=1S/C22H24BrClN2O4S/c1-13-10-26(11-14(2)30-13)22(31)15-8-16(23)21(19(9-15)28-3)29-12-20(27)25-18-7-5-4-6-17(18)24/h4-9,13-14H,10-12H2,1-3H3,(H,25,27)/t13-,14-/m1/s1. The summed E-state index contributed by atoms with van der Waals surface area (Å²) in [5, 5.41) is 3.18. The van der Waals surface area contributed by atoms with Gasteiger partial charge in [-0.2, -0.15) is 0 Å². The Morgan fingerprint density at radius 1 is 1.29 bits per heavy atom. The highest BCUT2D eigenvalue weighted by Crippen LogP contribution is 2.37. The quantitative estimate of drug-likeness (QED) is 0.539. The van der Waals surface area contributed by atoms with E-state index in [0.717, 1.165) is 18.7 Å². The lowest BCUT2D eigenvalue weighted by atomic mass is 10.1. The van der Waals surface area contributed by atoms with Gasteiger partial charge in [0.15, 0.2) is 18.1 Å². The fourth-order valence-corrected chi connectivity index (χ4v) is 4.40. The summed E-state index contributed by atoms with van der Waals surface area (Å²) in [4.78, 5) is 15.1. The average molecular weight is 528 g/mol. The number of nitrogens with zero attached hydrogens (tertiary/aromatic N) is 1. The van der Waals surface area contributed by atoms with Crippen molar-refractivity contribution < 1.29 is 19.0 Å². The maximum Gasteiger partial charge on any atom is 0.262 e. The summed E-state index contributed by atoms with van der Waals surface area (Å²) in [6.45, 7) is 5.31.